The third-order valence-electron chi connectivity index (χ3n) is 3.74. The maximum atomic E-state index is 2.44. The van der Waals surface area contributed by atoms with E-state index in [0.29, 0.717) is 0 Å². The molecule has 0 saturated carbocycles. The van der Waals surface area contributed by atoms with E-state index in [4.69, 9.17) is 0 Å². The average molecular weight is 214 g/mol. The van der Waals surface area contributed by atoms with Gasteiger partial charge in [-0.15, -0.1) is 0 Å². The fourth-order valence-electron chi connectivity index (χ4n) is 2.92. The second kappa shape index (κ2) is 6.52. The van der Waals surface area contributed by atoms with Crippen molar-refractivity contribution in [3.05, 3.63) is 0 Å². The van der Waals surface area contributed by atoms with Crippen LogP contribution in [0.25, 0.3) is 0 Å². The minimum Gasteiger partial charge on any atom is -0.322 e. The Morgan fingerprint density at radius 2 is 1.27 bits per heavy atom. The van der Waals surface area contributed by atoms with Crippen LogP contribution in [0.5, 0.6) is 0 Å². The first kappa shape index (κ1) is 15.0. The first-order valence-corrected chi connectivity index (χ1v) is 6.73. The number of nitrogens with zero attached hydrogens (tertiary/aromatic N) is 1. The zero-order valence-electron chi connectivity index (χ0n) is 12.0. The van der Waals surface area contributed by atoms with Gasteiger partial charge in [-0.25, -0.2) is 0 Å². The molecule has 1 heteroatoms. The zero-order valence-corrected chi connectivity index (χ0v) is 12.0. The summed E-state index contributed by atoms with van der Waals surface area (Å²) in [5.74, 6) is 1.63. The number of rotatable bonds is 7. The molecule has 1 unspecified atom stereocenters. The molecule has 0 fully saturated rings. The Kier molecular flexibility index (Phi) is 6.51. The standard InChI is InChI=1S/C14H32N/c1-8-15(9-2,11-13(5)6)14(7)10-12(3)4/h12-14H,8-11H2,1-7H3/q+1. The third kappa shape index (κ3) is 4.55. The monoisotopic (exact) mass is 214 g/mol. The molecular weight excluding hydrogens is 182 g/mol. The van der Waals surface area contributed by atoms with Gasteiger partial charge in [0, 0.05) is 12.3 Å². The minimum absolute atomic E-state index is 0.805. The molecule has 0 aliphatic rings. The molecule has 92 valence electrons. The Morgan fingerprint density at radius 1 is 0.800 bits per heavy atom. The van der Waals surface area contributed by atoms with E-state index < -0.39 is 0 Å². The van der Waals surface area contributed by atoms with Crippen molar-refractivity contribution in [3.63, 3.8) is 0 Å². The highest BCUT2D eigenvalue weighted by Gasteiger charge is 2.31. The van der Waals surface area contributed by atoms with Crippen molar-refractivity contribution >= 4 is 0 Å². The van der Waals surface area contributed by atoms with Crippen molar-refractivity contribution in [1.29, 1.82) is 0 Å². The van der Waals surface area contributed by atoms with Gasteiger partial charge in [-0.05, 0) is 26.7 Å². The fraction of sp³-hybridized carbons (Fsp3) is 1.00. The predicted octanol–water partition coefficient (Wildman–Crippen LogP) is 3.93. The lowest BCUT2D eigenvalue weighted by molar-refractivity contribution is -0.949. The van der Waals surface area contributed by atoms with E-state index in [1.165, 1.54) is 30.5 Å². The van der Waals surface area contributed by atoms with Gasteiger partial charge in [0.1, 0.15) is 0 Å². The van der Waals surface area contributed by atoms with Crippen molar-refractivity contribution < 1.29 is 4.48 Å². The summed E-state index contributed by atoms with van der Waals surface area (Å²) in [6, 6.07) is 0.808. The number of hydrogen-bond donors (Lipinski definition) is 0. The summed E-state index contributed by atoms with van der Waals surface area (Å²) in [5.41, 5.74) is 0. The number of hydrogen-bond acceptors (Lipinski definition) is 0. The van der Waals surface area contributed by atoms with Gasteiger partial charge in [0.05, 0.1) is 25.7 Å². The summed E-state index contributed by atoms with van der Waals surface area (Å²) in [7, 11) is 0. The molecule has 0 heterocycles. The molecule has 0 aromatic carbocycles. The van der Waals surface area contributed by atoms with Crippen molar-refractivity contribution in [2.24, 2.45) is 11.8 Å². The van der Waals surface area contributed by atoms with Crippen molar-refractivity contribution in [2.45, 2.75) is 60.9 Å². The SMILES string of the molecule is CC[N+](CC)(CC(C)C)C(C)CC(C)C. The average Bonchev–Trinajstić information content (AvgIpc) is 2.12. The third-order valence-corrected chi connectivity index (χ3v) is 3.74. The topological polar surface area (TPSA) is 0 Å². The molecule has 0 spiro atoms. The van der Waals surface area contributed by atoms with Crippen LogP contribution in [0.15, 0.2) is 0 Å². The van der Waals surface area contributed by atoms with Gasteiger partial charge < -0.3 is 4.48 Å². The molecule has 0 rings (SSSR count). The molecule has 1 nitrogen and oxygen atoms in total. The van der Waals surface area contributed by atoms with E-state index in [1.807, 2.05) is 0 Å². The molecular formula is C14H32N+. The molecule has 0 saturated heterocycles. The smallest absolute Gasteiger partial charge is 0.0864 e. The van der Waals surface area contributed by atoms with Crippen LogP contribution in [0.1, 0.15) is 54.9 Å². The lowest BCUT2D eigenvalue weighted by atomic mass is 9.99. The molecule has 0 aliphatic carbocycles. The Labute approximate surface area is 97.5 Å². The summed E-state index contributed by atoms with van der Waals surface area (Å²) in [6.45, 7) is 20.4. The van der Waals surface area contributed by atoms with E-state index >= 15 is 0 Å². The van der Waals surface area contributed by atoms with Crippen LogP contribution in [0.4, 0.5) is 0 Å². The van der Waals surface area contributed by atoms with Gasteiger partial charge in [0.15, 0.2) is 0 Å². The highest BCUT2D eigenvalue weighted by atomic mass is 15.4. The van der Waals surface area contributed by atoms with Crippen LogP contribution in [-0.4, -0.2) is 30.2 Å². The second-order valence-electron chi connectivity index (χ2n) is 5.91. The van der Waals surface area contributed by atoms with E-state index in [9.17, 15) is 0 Å². The van der Waals surface area contributed by atoms with Crippen LogP contribution in [0, 0.1) is 11.8 Å². The Balaban J connectivity index is 4.59. The van der Waals surface area contributed by atoms with Crippen LogP contribution in [0.2, 0.25) is 0 Å². The van der Waals surface area contributed by atoms with Crippen molar-refractivity contribution in [3.8, 4) is 0 Å². The summed E-state index contributed by atoms with van der Waals surface area (Å²) < 4.78 is 1.30. The maximum absolute atomic E-state index is 2.44. The zero-order chi connectivity index (χ0) is 12.1. The first-order valence-electron chi connectivity index (χ1n) is 6.73. The molecule has 0 aliphatic heterocycles. The summed E-state index contributed by atoms with van der Waals surface area (Å²) in [4.78, 5) is 0. The largest absolute Gasteiger partial charge is 0.322 e. The summed E-state index contributed by atoms with van der Waals surface area (Å²) in [6.07, 6.45) is 1.36. The normalized spacial score (nSPS) is 15.0. The molecule has 1 atom stereocenters. The second-order valence-corrected chi connectivity index (χ2v) is 5.91. The highest BCUT2D eigenvalue weighted by molar-refractivity contribution is 4.59. The van der Waals surface area contributed by atoms with E-state index in [-0.39, 0.29) is 0 Å². The molecule has 0 radical (unpaired) electrons. The molecule has 0 amide bonds. The summed E-state index contributed by atoms with van der Waals surface area (Å²) >= 11 is 0. The number of quaternary nitrogens is 1. The Hall–Kier alpha value is -0.0400. The molecule has 0 aromatic rings. The maximum Gasteiger partial charge on any atom is 0.0864 e. The lowest BCUT2D eigenvalue weighted by Gasteiger charge is -2.44. The molecule has 0 aromatic heterocycles. The molecule has 15 heavy (non-hydrogen) atoms. The summed E-state index contributed by atoms with van der Waals surface area (Å²) in [5, 5.41) is 0. The highest BCUT2D eigenvalue weighted by Crippen LogP contribution is 2.22. The van der Waals surface area contributed by atoms with Gasteiger partial charge in [-0.1, -0.05) is 27.7 Å². The van der Waals surface area contributed by atoms with Gasteiger partial charge in [0.25, 0.3) is 0 Å². The lowest BCUT2D eigenvalue weighted by Crippen LogP contribution is -2.56. The fourth-order valence-corrected chi connectivity index (χ4v) is 2.92. The molecule has 0 bridgehead atoms. The van der Waals surface area contributed by atoms with Gasteiger partial charge in [-0.2, -0.15) is 0 Å². The van der Waals surface area contributed by atoms with Crippen LogP contribution in [0.3, 0.4) is 0 Å². The van der Waals surface area contributed by atoms with Crippen LogP contribution >= 0.6 is 0 Å². The van der Waals surface area contributed by atoms with Crippen LogP contribution < -0.4 is 0 Å². The van der Waals surface area contributed by atoms with Crippen LogP contribution in [-0.2, 0) is 0 Å². The Bertz CT molecular complexity index is 157. The quantitative estimate of drug-likeness (QED) is 0.563. The molecule has 0 N–H and O–H groups in total. The van der Waals surface area contributed by atoms with Crippen molar-refractivity contribution in [2.75, 3.05) is 19.6 Å². The van der Waals surface area contributed by atoms with Gasteiger partial charge >= 0.3 is 0 Å². The van der Waals surface area contributed by atoms with E-state index in [0.717, 1.165) is 17.9 Å². The van der Waals surface area contributed by atoms with Crippen molar-refractivity contribution in [1.82, 2.24) is 0 Å². The van der Waals surface area contributed by atoms with Gasteiger partial charge in [-0.3, -0.25) is 0 Å². The van der Waals surface area contributed by atoms with Gasteiger partial charge in [0.2, 0.25) is 0 Å². The predicted molar refractivity (Wildman–Crippen MR) is 70.0 cm³/mol. The minimum atomic E-state index is 0.805. The Morgan fingerprint density at radius 3 is 1.53 bits per heavy atom. The first-order chi connectivity index (χ1) is 6.88. The van der Waals surface area contributed by atoms with E-state index in [2.05, 4.69) is 48.5 Å². The van der Waals surface area contributed by atoms with E-state index in [1.54, 1.807) is 0 Å².